The Morgan fingerprint density at radius 1 is 1.27 bits per heavy atom. The van der Waals surface area contributed by atoms with E-state index in [0.29, 0.717) is 13.1 Å². The van der Waals surface area contributed by atoms with Crippen LogP contribution in [0.25, 0.3) is 0 Å². The fraction of sp³-hybridized carbons (Fsp3) is 0.421. The van der Waals surface area contributed by atoms with Gasteiger partial charge in [0.15, 0.2) is 0 Å². The molecule has 2 aromatic rings. The number of methoxy groups -OCH3 is 1. The molecule has 0 radical (unpaired) electrons. The molecule has 1 saturated heterocycles. The lowest BCUT2D eigenvalue weighted by molar-refractivity contribution is -0.137. The van der Waals surface area contributed by atoms with Crippen LogP contribution in [-0.4, -0.2) is 45.3 Å². The van der Waals surface area contributed by atoms with Crippen LogP contribution in [0.2, 0.25) is 0 Å². The molecular formula is C19H22N4O3. The van der Waals surface area contributed by atoms with Crippen LogP contribution >= 0.6 is 0 Å². The summed E-state index contributed by atoms with van der Waals surface area (Å²) in [5, 5.41) is 0. The largest absolute Gasteiger partial charge is 0.496 e. The molecule has 0 unspecified atom stereocenters. The zero-order chi connectivity index (χ0) is 18.4. The molecule has 136 valence electrons. The molecule has 7 nitrogen and oxygen atoms in total. The maximum atomic E-state index is 13.3. The van der Waals surface area contributed by atoms with Crippen molar-refractivity contribution in [3.05, 3.63) is 47.5 Å². The Labute approximate surface area is 152 Å². The van der Waals surface area contributed by atoms with Crippen LogP contribution in [-0.2, 0) is 29.7 Å². The molecule has 1 fully saturated rings. The van der Waals surface area contributed by atoms with Crippen LogP contribution in [0.5, 0.6) is 5.75 Å². The van der Waals surface area contributed by atoms with Gasteiger partial charge in [-0.2, -0.15) is 0 Å². The highest BCUT2D eigenvalue weighted by atomic mass is 16.5. The lowest BCUT2D eigenvalue weighted by Crippen LogP contribution is -2.36. The number of fused-ring (bicyclic) bond motifs is 1. The molecule has 3 heterocycles. The van der Waals surface area contributed by atoms with E-state index in [0.717, 1.165) is 22.7 Å². The monoisotopic (exact) mass is 354 g/mol. The van der Waals surface area contributed by atoms with E-state index in [2.05, 4.69) is 4.98 Å². The number of aromatic nitrogens is 2. The number of nitrogens with zero attached hydrogens (tertiary/aromatic N) is 4. The van der Waals surface area contributed by atoms with Gasteiger partial charge in [0.2, 0.25) is 11.8 Å². The first-order valence-electron chi connectivity index (χ1n) is 8.67. The Bertz CT molecular complexity index is 875. The van der Waals surface area contributed by atoms with E-state index in [9.17, 15) is 9.59 Å². The second kappa shape index (κ2) is 6.16. The molecule has 1 aromatic heterocycles. The first-order chi connectivity index (χ1) is 12.5. The van der Waals surface area contributed by atoms with Crippen LogP contribution in [0, 0.1) is 5.92 Å². The van der Waals surface area contributed by atoms with Gasteiger partial charge >= 0.3 is 0 Å². The molecule has 26 heavy (non-hydrogen) atoms. The molecule has 1 aromatic carbocycles. The quantitative estimate of drug-likeness (QED) is 0.838. The van der Waals surface area contributed by atoms with Crippen molar-refractivity contribution < 1.29 is 14.3 Å². The first-order valence-corrected chi connectivity index (χ1v) is 8.67. The lowest BCUT2D eigenvalue weighted by atomic mass is 9.97. The minimum atomic E-state index is -0.422. The van der Waals surface area contributed by atoms with Gasteiger partial charge in [0, 0.05) is 51.6 Å². The molecule has 2 amide bonds. The fourth-order valence-electron chi connectivity index (χ4n) is 4.08. The van der Waals surface area contributed by atoms with Gasteiger partial charge in [0.25, 0.3) is 0 Å². The van der Waals surface area contributed by atoms with Crippen molar-refractivity contribution >= 4 is 11.8 Å². The summed E-state index contributed by atoms with van der Waals surface area (Å²) < 4.78 is 7.30. The lowest BCUT2D eigenvalue weighted by Gasteiger charge is -2.27. The zero-order valence-corrected chi connectivity index (χ0v) is 15.2. The molecule has 7 heteroatoms. The van der Waals surface area contributed by atoms with Gasteiger partial charge in [-0.05, 0) is 11.6 Å². The number of carbonyl (C=O) groups excluding carboxylic acids is 2. The van der Waals surface area contributed by atoms with E-state index in [1.165, 1.54) is 0 Å². The maximum Gasteiger partial charge on any atom is 0.229 e. The molecule has 0 spiro atoms. The number of amides is 2. The molecule has 0 N–H and O–H groups in total. The van der Waals surface area contributed by atoms with E-state index >= 15 is 0 Å². The summed E-state index contributed by atoms with van der Waals surface area (Å²) in [6.45, 7) is 1.06. The topological polar surface area (TPSA) is 67.7 Å². The third-order valence-electron chi connectivity index (χ3n) is 5.50. The Morgan fingerprint density at radius 3 is 2.77 bits per heavy atom. The molecule has 0 aliphatic carbocycles. The van der Waals surface area contributed by atoms with Gasteiger partial charge in [0.1, 0.15) is 17.6 Å². The first kappa shape index (κ1) is 16.6. The molecule has 2 aliphatic rings. The van der Waals surface area contributed by atoms with Gasteiger partial charge < -0.3 is 19.1 Å². The zero-order valence-electron chi connectivity index (χ0n) is 15.2. The van der Waals surface area contributed by atoms with E-state index in [1.54, 1.807) is 25.3 Å². The molecule has 0 bridgehead atoms. The average molecular weight is 354 g/mol. The number of hydrogen-bond acceptors (Lipinski definition) is 4. The van der Waals surface area contributed by atoms with Crippen LogP contribution in [0.1, 0.15) is 29.4 Å². The van der Waals surface area contributed by atoms with E-state index in [1.807, 2.05) is 40.9 Å². The summed E-state index contributed by atoms with van der Waals surface area (Å²) in [4.78, 5) is 33.5. The number of aryl methyl sites for hydroxylation is 1. The fourth-order valence-corrected chi connectivity index (χ4v) is 4.08. The van der Waals surface area contributed by atoms with Crippen LogP contribution < -0.4 is 4.74 Å². The third-order valence-corrected chi connectivity index (χ3v) is 5.50. The summed E-state index contributed by atoms with van der Waals surface area (Å²) in [6, 6.07) is 5.54. The molecule has 2 atom stereocenters. The van der Waals surface area contributed by atoms with Crippen LogP contribution in [0.3, 0.4) is 0 Å². The van der Waals surface area contributed by atoms with Crippen LogP contribution in [0.15, 0.2) is 30.6 Å². The number of ether oxygens (including phenoxy) is 1. The van der Waals surface area contributed by atoms with Crippen molar-refractivity contribution in [3.8, 4) is 5.75 Å². The SMILES string of the molecule is COc1cccc2c1CN(C(=O)[C@H]1CC(=O)N(C)[C@@H]1c1nccn1C)C2. The van der Waals surface area contributed by atoms with Crippen molar-refractivity contribution in [2.45, 2.75) is 25.6 Å². The van der Waals surface area contributed by atoms with E-state index in [-0.39, 0.29) is 24.3 Å². The molecule has 0 saturated carbocycles. The smallest absolute Gasteiger partial charge is 0.229 e. The predicted octanol–water partition coefficient (Wildman–Crippen LogP) is 1.49. The number of likely N-dealkylation sites (tertiary alicyclic amines) is 1. The van der Waals surface area contributed by atoms with Crippen molar-refractivity contribution in [2.24, 2.45) is 13.0 Å². The van der Waals surface area contributed by atoms with Gasteiger partial charge in [-0.15, -0.1) is 0 Å². The Hall–Kier alpha value is -2.83. The molecular weight excluding hydrogens is 332 g/mol. The van der Waals surface area contributed by atoms with E-state index in [4.69, 9.17) is 4.74 Å². The van der Waals surface area contributed by atoms with Gasteiger partial charge in [-0.1, -0.05) is 12.1 Å². The van der Waals surface area contributed by atoms with Gasteiger partial charge in [-0.3, -0.25) is 9.59 Å². The van der Waals surface area contributed by atoms with Crippen molar-refractivity contribution in [1.82, 2.24) is 19.4 Å². The summed E-state index contributed by atoms with van der Waals surface area (Å²) >= 11 is 0. The normalized spacial score (nSPS) is 22.0. The maximum absolute atomic E-state index is 13.3. The highest BCUT2D eigenvalue weighted by Gasteiger charge is 2.46. The van der Waals surface area contributed by atoms with Gasteiger partial charge in [0.05, 0.1) is 13.0 Å². The third kappa shape index (κ3) is 2.46. The Morgan fingerprint density at radius 2 is 2.08 bits per heavy atom. The number of imidazole rings is 1. The molecule has 2 aliphatic heterocycles. The highest BCUT2D eigenvalue weighted by Crippen LogP contribution is 2.39. The van der Waals surface area contributed by atoms with Crippen molar-refractivity contribution in [2.75, 3.05) is 14.2 Å². The van der Waals surface area contributed by atoms with Gasteiger partial charge in [-0.25, -0.2) is 4.98 Å². The Balaban J connectivity index is 1.62. The number of hydrogen-bond donors (Lipinski definition) is 0. The predicted molar refractivity (Wildman–Crippen MR) is 94.1 cm³/mol. The highest BCUT2D eigenvalue weighted by molar-refractivity contribution is 5.90. The average Bonchev–Trinajstić information content (AvgIpc) is 3.32. The second-order valence-corrected chi connectivity index (χ2v) is 6.95. The van der Waals surface area contributed by atoms with Crippen molar-refractivity contribution in [1.29, 1.82) is 0 Å². The van der Waals surface area contributed by atoms with E-state index < -0.39 is 5.92 Å². The van der Waals surface area contributed by atoms with Crippen LogP contribution in [0.4, 0.5) is 0 Å². The summed E-state index contributed by atoms with van der Waals surface area (Å²) in [5.74, 6) is 1.09. The number of carbonyl (C=O) groups is 2. The number of benzene rings is 1. The Kier molecular flexibility index (Phi) is 3.94. The second-order valence-electron chi connectivity index (χ2n) is 6.95. The summed E-state index contributed by atoms with van der Waals surface area (Å²) in [6.07, 6.45) is 3.75. The minimum absolute atomic E-state index is 0.00560. The summed E-state index contributed by atoms with van der Waals surface area (Å²) in [7, 11) is 5.27. The standard InChI is InChI=1S/C19H22N4O3/c1-21-8-7-20-18(21)17-13(9-16(24)22(17)2)19(25)23-10-12-5-4-6-15(26-3)14(12)11-23/h4-8,13,17H,9-11H2,1-3H3/t13-,17-/m0/s1. The molecule has 4 rings (SSSR count). The number of rotatable bonds is 3. The minimum Gasteiger partial charge on any atom is -0.496 e. The summed E-state index contributed by atoms with van der Waals surface area (Å²) in [5.41, 5.74) is 2.15. The van der Waals surface area contributed by atoms with Crippen molar-refractivity contribution in [3.63, 3.8) is 0 Å².